The number of likely N-dealkylation sites (N-methyl/N-ethyl adjacent to an activating group) is 1. The fraction of sp³-hybridized carbons (Fsp3) is 0.600. The van der Waals surface area contributed by atoms with Gasteiger partial charge in [-0.15, -0.1) is 17.9 Å². The summed E-state index contributed by atoms with van der Waals surface area (Å²) in [6.07, 6.45) is 1.95. The highest BCUT2D eigenvalue weighted by atomic mass is 32.1. The topological polar surface area (TPSA) is 15.3 Å². The van der Waals surface area contributed by atoms with Gasteiger partial charge in [0, 0.05) is 34.9 Å². The summed E-state index contributed by atoms with van der Waals surface area (Å²) in [4.78, 5) is 5.13. The van der Waals surface area contributed by atoms with Crippen molar-refractivity contribution < 1.29 is 0 Å². The van der Waals surface area contributed by atoms with Gasteiger partial charge in [0.1, 0.15) is 0 Å². The van der Waals surface area contributed by atoms with Crippen molar-refractivity contribution in [2.24, 2.45) is 0 Å². The Morgan fingerprint density at radius 2 is 2.11 bits per heavy atom. The minimum absolute atomic E-state index is 0.178. The average Bonchev–Trinajstić information content (AvgIpc) is 2.56. The maximum absolute atomic E-state index is 3.78. The van der Waals surface area contributed by atoms with Gasteiger partial charge in [-0.1, -0.05) is 6.08 Å². The standard InChI is InChI=1S/C15H26N2S/c1-7-8-17(6)11-13-9-14(18-12(13)2)10-16-15(3,4)5/h7,9,16H,1,8,10-11H2,2-6H3. The molecule has 0 spiro atoms. The summed E-state index contributed by atoms with van der Waals surface area (Å²) in [5.41, 5.74) is 1.62. The number of nitrogens with zero attached hydrogens (tertiary/aromatic N) is 1. The second kappa shape index (κ2) is 6.50. The van der Waals surface area contributed by atoms with Crippen LogP contribution in [0, 0.1) is 6.92 Å². The molecule has 0 atom stereocenters. The quantitative estimate of drug-likeness (QED) is 0.792. The molecule has 0 unspecified atom stereocenters. The van der Waals surface area contributed by atoms with Crippen LogP contribution in [-0.4, -0.2) is 24.0 Å². The summed E-state index contributed by atoms with van der Waals surface area (Å²) in [7, 11) is 2.13. The Morgan fingerprint density at radius 1 is 1.44 bits per heavy atom. The van der Waals surface area contributed by atoms with Crippen LogP contribution in [0.25, 0.3) is 0 Å². The van der Waals surface area contributed by atoms with Crippen molar-refractivity contribution in [1.29, 1.82) is 0 Å². The maximum Gasteiger partial charge on any atom is 0.0304 e. The van der Waals surface area contributed by atoms with E-state index in [1.807, 2.05) is 17.4 Å². The second-order valence-electron chi connectivity index (χ2n) is 5.88. The molecule has 0 aliphatic rings. The van der Waals surface area contributed by atoms with Crippen molar-refractivity contribution >= 4 is 11.3 Å². The Morgan fingerprint density at radius 3 is 2.67 bits per heavy atom. The fourth-order valence-electron chi connectivity index (χ4n) is 1.76. The monoisotopic (exact) mass is 266 g/mol. The normalized spacial score (nSPS) is 12.1. The van der Waals surface area contributed by atoms with E-state index in [2.05, 4.69) is 57.6 Å². The molecular formula is C15H26N2S. The lowest BCUT2D eigenvalue weighted by Gasteiger charge is -2.19. The first-order valence-electron chi connectivity index (χ1n) is 6.44. The summed E-state index contributed by atoms with van der Waals surface area (Å²) in [5.74, 6) is 0. The number of rotatable bonds is 6. The molecule has 1 heterocycles. The Hall–Kier alpha value is -0.640. The van der Waals surface area contributed by atoms with E-state index in [0.29, 0.717) is 0 Å². The van der Waals surface area contributed by atoms with E-state index in [4.69, 9.17) is 0 Å². The molecule has 0 bridgehead atoms. The van der Waals surface area contributed by atoms with E-state index in [1.54, 1.807) is 0 Å². The van der Waals surface area contributed by atoms with Gasteiger partial charge in [0.25, 0.3) is 0 Å². The first-order chi connectivity index (χ1) is 8.31. The van der Waals surface area contributed by atoms with Gasteiger partial charge in [0.15, 0.2) is 0 Å². The summed E-state index contributed by atoms with van der Waals surface area (Å²) < 4.78 is 0. The van der Waals surface area contributed by atoms with Crippen LogP contribution in [0.1, 0.15) is 36.1 Å². The van der Waals surface area contributed by atoms with Crippen molar-refractivity contribution in [3.05, 3.63) is 34.0 Å². The van der Waals surface area contributed by atoms with Gasteiger partial charge < -0.3 is 5.32 Å². The molecule has 0 saturated carbocycles. The van der Waals surface area contributed by atoms with Gasteiger partial charge in [-0.3, -0.25) is 4.90 Å². The molecule has 18 heavy (non-hydrogen) atoms. The first kappa shape index (κ1) is 15.4. The molecule has 1 aromatic rings. The highest BCUT2D eigenvalue weighted by Crippen LogP contribution is 2.23. The minimum atomic E-state index is 0.178. The van der Waals surface area contributed by atoms with Crippen molar-refractivity contribution in [2.45, 2.75) is 46.3 Å². The van der Waals surface area contributed by atoms with Crippen LogP contribution in [0.15, 0.2) is 18.7 Å². The van der Waals surface area contributed by atoms with E-state index in [1.165, 1.54) is 15.3 Å². The summed E-state index contributed by atoms with van der Waals surface area (Å²) in [6.45, 7) is 15.5. The molecule has 0 radical (unpaired) electrons. The van der Waals surface area contributed by atoms with Crippen LogP contribution in [-0.2, 0) is 13.1 Å². The molecule has 0 amide bonds. The zero-order valence-electron chi connectivity index (χ0n) is 12.3. The van der Waals surface area contributed by atoms with Crippen LogP contribution < -0.4 is 5.32 Å². The number of hydrogen-bond donors (Lipinski definition) is 1. The average molecular weight is 266 g/mol. The summed E-state index contributed by atoms with van der Waals surface area (Å²) in [6, 6.07) is 2.33. The number of nitrogens with one attached hydrogen (secondary N) is 1. The Labute approximate surface area is 116 Å². The molecule has 1 aromatic heterocycles. The summed E-state index contributed by atoms with van der Waals surface area (Å²) >= 11 is 1.90. The minimum Gasteiger partial charge on any atom is -0.307 e. The molecule has 102 valence electrons. The van der Waals surface area contributed by atoms with Gasteiger partial charge in [-0.2, -0.15) is 0 Å². The lowest BCUT2D eigenvalue weighted by Crippen LogP contribution is -2.34. The molecule has 0 aliphatic carbocycles. The van der Waals surface area contributed by atoms with Gasteiger partial charge >= 0.3 is 0 Å². The van der Waals surface area contributed by atoms with Crippen LogP contribution in [0.3, 0.4) is 0 Å². The van der Waals surface area contributed by atoms with Crippen LogP contribution in [0.4, 0.5) is 0 Å². The largest absolute Gasteiger partial charge is 0.307 e. The molecule has 0 aliphatic heterocycles. The van der Waals surface area contributed by atoms with Gasteiger partial charge in [0.2, 0.25) is 0 Å². The van der Waals surface area contributed by atoms with Gasteiger partial charge in [-0.25, -0.2) is 0 Å². The first-order valence-corrected chi connectivity index (χ1v) is 7.26. The Bertz CT molecular complexity index is 388. The fourth-order valence-corrected chi connectivity index (χ4v) is 2.75. The van der Waals surface area contributed by atoms with Crippen LogP contribution in [0.2, 0.25) is 0 Å². The second-order valence-corrected chi connectivity index (χ2v) is 7.22. The lowest BCUT2D eigenvalue weighted by atomic mass is 10.1. The zero-order chi connectivity index (χ0) is 13.8. The van der Waals surface area contributed by atoms with Gasteiger partial charge in [0.05, 0.1) is 0 Å². The van der Waals surface area contributed by atoms with Crippen molar-refractivity contribution in [3.63, 3.8) is 0 Å². The van der Waals surface area contributed by atoms with Crippen molar-refractivity contribution in [3.8, 4) is 0 Å². The Kier molecular flexibility index (Phi) is 5.57. The van der Waals surface area contributed by atoms with Crippen LogP contribution in [0.5, 0.6) is 0 Å². The van der Waals surface area contributed by atoms with E-state index in [9.17, 15) is 0 Å². The molecule has 0 saturated heterocycles. The lowest BCUT2D eigenvalue weighted by molar-refractivity contribution is 0.363. The predicted molar refractivity (Wildman–Crippen MR) is 82.2 cm³/mol. The molecule has 1 rings (SSSR count). The maximum atomic E-state index is 3.78. The van der Waals surface area contributed by atoms with Crippen molar-refractivity contribution in [1.82, 2.24) is 10.2 Å². The third-order valence-electron chi connectivity index (χ3n) is 2.75. The molecular weight excluding hydrogens is 240 g/mol. The van der Waals surface area contributed by atoms with Gasteiger partial charge in [-0.05, 0) is 46.4 Å². The zero-order valence-corrected chi connectivity index (χ0v) is 13.2. The third kappa shape index (κ3) is 5.34. The molecule has 2 nitrogen and oxygen atoms in total. The van der Waals surface area contributed by atoms with E-state index >= 15 is 0 Å². The van der Waals surface area contributed by atoms with Crippen LogP contribution >= 0.6 is 11.3 Å². The SMILES string of the molecule is C=CCN(C)Cc1cc(CNC(C)(C)C)sc1C. The molecule has 0 aromatic carbocycles. The highest BCUT2D eigenvalue weighted by molar-refractivity contribution is 7.12. The molecule has 1 N–H and O–H groups in total. The molecule has 0 fully saturated rings. The highest BCUT2D eigenvalue weighted by Gasteiger charge is 2.11. The number of hydrogen-bond acceptors (Lipinski definition) is 3. The Balaban J connectivity index is 2.61. The number of aryl methyl sites for hydroxylation is 1. The predicted octanol–water partition coefficient (Wildman–Crippen LogP) is 3.56. The number of thiophene rings is 1. The van der Waals surface area contributed by atoms with E-state index in [0.717, 1.165) is 19.6 Å². The third-order valence-corrected chi connectivity index (χ3v) is 3.84. The van der Waals surface area contributed by atoms with E-state index < -0.39 is 0 Å². The van der Waals surface area contributed by atoms with E-state index in [-0.39, 0.29) is 5.54 Å². The molecule has 3 heteroatoms. The smallest absolute Gasteiger partial charge is 0.0304 e. The summed E-state index contributed by atoms with van der Waals surface area (Å²) in [5, 5.41) is 3.54. The van der Waals surface area contributed by atoms with Crippen molar-refractivity contribution in [2.75, 3.05) is 13.6 Å².